The fourth-order valence-electron chi connectivity index (χ4n) is 0.867. The van der Waals surface area contributed by atoms with Crippen LogP contribution in [0, 0.1) is 0 Å². The molecule has 0 heterocycles. The SMILES string of the molecule is COP(N[PH](N=[PH](OC)OC)(OC)OC)OC. The predicted molar refractivity (Wildman–Crippen MR) is 71.2 cm³/mol. The molecule has 8 nitrogen and oxygen atoms in total. The predicted octanol–water partition coefficient (Wildman–Crippen LogP) is 2.32. The number of nitrogens with zero attached hydrogens (tertiary/aromatic N) is 1. The van der Waals surface area contributed by atoms with Gasteiger partial charge in [0.15, 0.2) is 0 Å². The van der Waals surface area contributed by atoms with Crippen LogP contribution in [-0.2, 0) is 27.1 Å². The van der Waals surface area contributed by atoms with E-state index in [1.807, 2.05) is 0 Å². The van der Waals surface area contributed by atoms with Crippen molar-refractivity contribution in [2.24, 2.45) is 4.52 Å². The van der Waals surface area contributed by atoms with Crippen molar-refractivity contribution in [2.75, 3.05) is 42.7 Å². The summed E-state index contributed by atoms with van der Waals surface area (Å²) < 4.78 is 35.3. The normalized spacial score (nSPS) is 13.4. The van der Waals surface area contributed by atoms with Crippen LogP contribution in [-0.4, -0.2) is 42.7 Å². The Labute approximate surface area is 104 Å². The molecule has 0 saturated heterocycles. The maximum atomic E-state index is 5.32. The van der Waals surface area contributed by atoms with Gasteiger partial charge in [0.05, 0.1) is 0 Å². The van der Waals surface area contributed by atoms with Crippen LogP contribution in [0.4, 0.5) is 0 Å². The number of rotatable bonds is 9. The summed E-state index contributed by atoms with van der Waals surface area (Å²) in [6.45, 7) is 0. The molecule has 0 aliphatic rings. The summed E-state index contributed by atoms with van der Waals surface area (Å²) in [5.41, 5.74) is 0. The molecule has 0 unspecified atom stereocenters. The van der Waals surface area contributed by atoms with Gasteiger partial charge >= 0.3 is 104 Å². The molecule has 0 saturated carbocycles. The third kappa shape index (κ3) is 5.99. The Balaban J connectivity index is 4.94. The number of hydrogen-bond donors (Lipinski definition) is 1. The van der Waals surface area contributed by atoms with Gasteiger partial charge in [0.2, 0.25) is 0 Å². The Hall–Kier alpha value is 0.810. The van der Waals surface area contributed by atoms with Crippen LogP contribution < -0.4 is 4.86 Å². The minimum absolute atomic E-state index is 1.32. The van der Waals surface area contributed by atoms with E-state index in [1.54, 1.807) is 0 Å². The Morgan fingerprint density at radius 1 is 0.941 bits per heavy atom. The van der Waals surface area contributed by atoms with Crippen LogP contribution in [0.2, 0.25) is 0 Å². The van der Waals surface area contributed by atoms with E-state index in [0.29, 0.717) is 0 Å². The van der Waals surface area contributed by atoms with Gasteiger partial charge in [0.25, 0.3) is 0 Å². The Morgan fingerprint density at radius 2 is 1.41 bits per heavy atom. The van der Waals surface area contributed by atoms with Crippen LogP contribution in [0.1, 0.15) is 0 Å². The molecule has 1 N–H and O–H groups in total. The molecule has 0 atom stereocenters. The van der Waals surface area contributed by atoms with E-state index in [4.69, 9.17) is 27.1 Å². The van der Waals surface area contributed by atoms with E-state index in [1.165, 1.54) is 42.7 Å². The number of nitrogens with one attached hydrogen (secondary N) is 1. The first-order chi connectivity index (χ1) is 8.11. The molecule has 0 radical (unpaired) electrons. The summed E-state index contributed by atoms with van der Waals surface area (Å²) in [5, 5.41) is 0. The zero-order valence-corrected chi connectivity index (χ0v) is 13.7. The van der Waals surface area contributed by atoms with E-state index >= 15 is 0 Å². The molecular formula is C6H21N2O6P3. The number of hydrogen-bond acceptors (Lipinski definition) is 8. The molecule has 11 heteroatoms. The van der Waals surface area contributed by atoms with Gasteiger partial charge in [0, 0.05) is 0 Å². The molecule has 0 aliphatic heterocycles. The molecule has 17 heavy (non-hydrogen) atoms. The summed E-state index contributed by atoms with van der Waals surface area (Å²) in [6.07, 6.45) is 0. The van der Waals surface area contributed by atoms with Crippen molar-refractivity contribution in [1.82, 2.24) is 4.86 Å². The van der Waals surface area contributed by atoms with Crippen LogP contribution in [0.15, 0.2) is 4.52 Å². The molecular weight excluding hydrogens is 289 g/mol. The van der Waals surface area contributed by atoms with E-state index in [-0.39, 0.29) is 0 Å². The van der Waals surface area contributed by atoms with E-state index in [0.717, 1.165) is 0 Å². The standard InChI is InChI=1S/C6H21N2O6P3/c1-9-15(10-2)7-17(13-5,14-6)8-16(11-3)12-4/h7,16-17H,1-6H3. The fourth-order valence-corrected chi connectivity index (χ4v) is 6.80. The fraction of sp³-hybridized carbons (Fsp3) is 1.00. The first-order valence-electron chi connectivity index (χ1n) is 4.55. The average molecular weight is 310 g/mol. The second-order valence-corrected chi connectivity index (χ2v) is 8.87. The van der Waals surface area contributed by atoms with Crippen molar-refractivity contribution in [3.05, 3.63) is 0 Å². The Morgan fingerprint density at radius 3 is 1.71 bits per heavy atom. The Bertz CT molecular complexity index is 230. The van der Waals surface area contributed by atoms with Crippen molar-refractivity contribution in [3.63, 3.8) is 0 Å². The van der Waals surface area contributed by atoms with Gasteiger partial charge in [-0.2, -0.15) is 0 Å². The van der Waals surface area contributed by atoms with Gasteiger partial charge in [-0.15, -0.1) is 0 Å². The molecule has 0 fully saturated rings. The van der Waals surface area contributed by atoms with Gasteiger partial charge in [-0.05, 0) is 0 Å². The topological polar surface area (TPSA) is 79.8 Å². The minimum atomic E-state index is -3.00. The van der Waals surface area contributed by atoms with Crippen molar-refractivity contribution < 1.29 is 27.1 Å². The van der Waals surface area contributed by atoms with E-state index < -0.39 is 24.7 Å². The summed E-state index contributed by atoms with van der Waals surface area (Å²) in [7, 11) is 2.94. The molecule has 0 aromatic rings. The monoisotopic (exact) mass is 310 g/mol. The van der Waals surface area contributed by atoms with Crippen LogP contribution in [0.3, 0.4) is 0 Å². The molecule has 0 amide bonds. The Kier molecular flexibility index (Phi) is 10.2. The third-order valence-corrected chi connectivity index (χ3v) is 7.94. The van der Waals surface area contributed by atoms with Crippen molar-refractivity contribution >= 4 is 24.7 Å². The van der Waals surface area contributed by atoms with Gasteiger partial charge in [-0.1, -0.05) is 0 Å². The summed E-state index contributed by atoms with van der Waals surface area (Å²) in [6, 6.07) is 0. The van der Waals surface area contributed by atoms with E-state index in [2.05, 4.69) is 9.37 Å². The second kappa shape index (κ2) is 9.70. The van der Waals surface area contributed by atoms with Crippen molar-refractivity contribution in [2.45, 2.75) is 0 Å². The molecule has 0 spiro atoms. The zero-order chi connectivity index (χ0) is 13.3. The van der Waals surface area contributed by atoms with Gasteiger partial charge in [0.1, 0.15) is 0 Å². The van der Waals surface area contributed by atoms with Gasteiger partial charge in [-0.25, -0.2) is 0 Å². The summed E-state index contributed by atoms with van der Waals surface area (Å²) >= 11 is 0. The van der Waals surface area contributed by atoms with E-state index in [9.17, 15) is 0 Å². The summed E-state index contributed by atoms with van der Waals surface area (Å²) in [5.74, 6) is 0. The zero-order valence-electron chi connectivity index (χ0n) is 10.8. The van der Waals surface area contributed by atoms with Crippen molar-refractivity contribution in [3.8, 4) is 0 Å². The average Bonchev–Trinajstić information content (AvgIpc) is 2.40. The van der Waals surface area contributed by atoms with Crippen LogP contribution >= 0.6 is 24.7 Å². The van der Waals surface area contributed by atoms with Crippen molar-refractivity contribution in [1.29, 1.82) is 0 Å². The van der Waals surface area contributed by atoms with Crippen LogP contribution in [0.25, 0.3) is 0 Å². The van der Waals surface area contributed by atoms with Gasteiger partial charge in [-0.3, -0.25) is 0 Å². The van der Waals surface area contributed by atoms with Gasteiger partial charge < -0.3 is 0 Å². The molecule has 106 valence electrons. The first kappa shape index (κ1) is 17.8. The molecule has 0 aromatic carbocycles. The molecule has 0 rings (SSSR count). The molecule has 0 aliphatic carbocycles. The maximum absolute atomic E-state index is 5.32. The quantitative estimate of drug-likeness (QED) is 0.655. The molecule has 0 aromatic heterocycles. The van der Waals surface area contributed by atoms with Crippen LogP contribution in [0.5, 0.6) is 0 Å². The first-order valence-corrected chi connectivity index (χ1v) is 8.76. The third-order valence-electron chi connectivity index (χ3n) is 1.71. The molecule has 0 bridgehead atoms. The second-order valence-electron chi connectivity index (χ2n) is 2.51. The summed E-state index contributed by atoms with van der Waals surface area (Å²) in [4.78, 5) is 2.98.